The van der Waals surface area contributed by atoms with Gasteiger partial charge in [0, 0.05) is 38.1 Å². The van der Waals surface area contributed by atoms with Crippen LogP contribution in [0, 0.1) is 17.8 Å². The Bertz CT molecular complexity index is 971. The number of piperidine rings is 1. The van der Waals surface area contributed by atoms with Crippen LogP contribution in [0.3, 0.4) is 0 Å². The maximum absolute atomic E-state index is 12.0. The highest BCUT2D eigenvalue weighted by atomic mass is 32.1. The molecule has 1 aromatic carbocycles. The summed E-state index contributed by atoms with van der Waals surface area (Å²) < 4.78 is 1.26. The minimum absolute atomic E-state index is 0.0363. The minimum atomic E-state index is -0.0363. The van der Waals surface area contributed by atoms with Gasteiger partial charge in [0.05, 0.1) is 10.2 Å². The van der Waals surface area contributed by atoms with Crippen LogP contribution in [0.1, 0.15) is 12.0 Å². The van der Waals surface area contributed by atoms with Crippen molar-refractivity contribution in [1.29, 1.82) is 0 Å². The average molecular weight is 391 g/mol. The number of amides is 1. The molecular formula is C22H22N4OS. The van der Waals surface area contributed by atoms with E-state index in [0.29, 0.717) is 0 Å². The molecule has 1 aliphatic heterocycles. The van der Waals surface area contributed by atoms with E-state index in [1.807, 2.05) is 18.2 Å². The third kappa shape index (κ3) is 3.52. The lowest BCUT2D eigenvalue weighted by Gasteiger charge is -2.18. The van der Waals surface area contributed by atoms with Crippen LogP contribution >= 0.6 is 11.3 Å². The van der Waals surface area contributed by atoms with Crippen molar-refractivity contribution in [2.75, 3.05) is 24.5 Å². The van der Waals surface area contributed by atoms with Gasteiger partial charge in [-0.05, 0) is 54.0 Å². The quantitative estimate of drug-likeness (QED) is 0.654. The zero-order valence-corrected chi connectivity index (χ0v) is 16.3. The number of thiazole rings is 1. The van der Waals surface area contributed by atoms with E-state index in [0.717, 1.165) is 60.0 Å². The largest absolute Gasteiger partial charge is 0.353 e. The second-order valence-corrected chi connectivity index (χ2v) is 8.57. The van der Waals surface area contributed by atoms with Gasteiger partial charge in [0.15, 0.2) is 5.13 Å². The van der Waals surface area contributed by atoms with Gasteiger partial charge in [-0.1, -0.05) is 29.5 Å². The van der Waals surface area contributed by atoms with E-state index < -0.39 is 0 Å². The number of benzene rings is 1. The van der Waals surface area contributed by atoms with Crippen LogP contribution in [-0.4, -0.2) is 35.5 Å². The Morgan fingerprint density at radius 2 is 2.07 bits per heavy atom. The number of fused-ring (bicyclic) bond motifs is 2. The second-order valence-electron chi connectivity index (χ2n) is 7.56. The SMILES string of the molecule is O=C(/C=C/c1cccnc1)NCC[C@@H]1[C@H]2CN(c3nc4ccccc4s3)C[C@@H]12. The molecule has 142 valence electrons. The summed E-state index contributed by atoms with van der Waals surface area (Å²) in [5.74, 6) is 2.23. The second kappa shape index (κ2) is 7.36. The third-order valence-electron chi connectivity index (χ3n) is 5.81. The molecule has 2 aliphatic rings. The van der Waals surface area contributed by atoms with Crippen LogP contribution in [0.25, 0.3) is 16.3 Å². The average Bonchev–Trinajstić information content (AvgIpc) is 3.09. The molecule has 1 aliphatic carbocycles. The number of pyridine rings is 1. The van der Waals surface area contributed by atoms with Crippen LogP contribution in [0.15, 0.2) is 54.9 Å². The Labute approximate surface area is 168 Å². The number of nitrogens with one attached hydrogen (secondary N) is 1. The smallest absolute Gasteiger partial charge is 0.244 e. The number of nitrogens with zero attached hydrogens (tertiary/aromatic N) is 3. The summed E-state index contributed by atoms with van der Waals surface area (Å²) in [6.45, 7) is 2.95. The van der Waals surface area contributed by atoms with Crippen molar-refractivity contribution in [3.8, 4) is 0 Å². The fourth-order valence-electron chi connectivity index (χ4n) is 4.30. The van der Waals surface area contributed by atoms with Crippen molar-refractivity contribution in [2.45, 2.75) is 6.42 Å². The number of anilines is 1. The standard InChI is InChI=1S/C22H22N4OS/c27-21(8-7-15-4-3-10-23-12-15)24-11-9-16-17-13-26(14-18(16)17)22-25-19-5-1-2-6-20(19)28-22/h1-8,10,12,16-18H,9,11,13-14H2,(H,24,27)/b8-7+/t16-,17-,18+. The van der Waals surface area contributed by atoms with Gasteiger partial charge in [0.25, 0.3) is 0 Å². The highest BCUT2D eigenvalue weighted by molar-refractivity contribution is 7.22. The molecule has 3 aromatic rings. The predicted molar refractivity (Wildman–Crippen MR) is 113 cm³/mol. The van der Waals surface area contributed by atoms with Crippen molar-refractivity contribution >= 4 is 38.7 Å². The summed E-state index contributed by atoms with van der Waals surface area (Å²) in [6, 6.07) is 12.1. The van der Waals surface area contributed by atoms with E-state index in [9.17, 15) is 4.79 Å². The molecule has 1 N–H and O–H groups in total. The first-order chi connectivity index (χ1) is 13.8. The molecule has 6 heteroatoms. The van der Waals surface area contributed by atoms with Gasteiger partial charge in [-0.2, -0.15) is 0 Å². The van der Waals surface area contributed by atoms with Crippen LogP contribution in [0.5, 0.6) is 0 Å². The summed E-state index contributed by atoms with van der Waals surface area (Å²) in [5.41, 5.74) is 2.03. The molecule has 0 spiro atoms. The Morgan fingerprint density at radius 3 is 2.86 bits per heavy atom. The Morgan fingerprint density at radius 1 is 1.21 bits per heavy atom. The van der Waals surface area contributed by atoms with Crippen LogP contribution in [-0.2, 0) is 4.79 Å². The number of rotatable bonds is 6. The molecule has 0 bridgehead atoms. The number of carbonyl (C=O) groups is 1. The summed E-state index contributed by atoms with van der Waals surface area (Å²) in [7, 11) is 0. The number of aromatic nitrogens is 2. The van der Waals surface area contributed by atoms with Crippen LogP contribution < -0.4 is 10.2 Å². The van der Waals surface area contributed by atoms with E-state index in [-0.39, 0.29) is 5.91 Å². The van der Waals surface area contributed by atoms with Crippen molar-refractivity contribution in [3.63, 3.8) is 0 Å². The number of hydrogen-bond donors (Lipinski definition) is 1. The third-order valence-corrected chi connectivity index (χ3v) is 6.91. The molecule has 3 atom stereocenters. The Balaban J connectivity index is 1.07. The lowest BCUT2D eigenvalue weighted by Crippen LogP contribution is -2.26. The maximum Gasteiger partial charge on any atom is 0.244 e. The zero-order valence-electron chi connectivity index (χ0n) is 15.5. The number of hydrogen-bond acceptors (Lipinski definition) is 5. The highest BCUT2D eigenvalue weighted by Crippen LogP contribution is 2.54. The topological polar surface area (TPSA) is 58.1 Å². The Kier molecular flexibility index (Phi) is 4.56. The zero-order chi connectivity index (χ0) is 18.9. The molecule has 5 nitrogen and oxygen atoms in total. The predicted octanol–water partition coefficient (Wildman–Crippen LogP) is 3.59. The number of para-hydroxylation sites is 1. The summed E-state index contributed by atoms with van der Waals surface area (Å²) in [5, 5.41) is 4.16. The molecule has 5 rings (SSSR count). The lowest BCUT2D eigenvalue weighted by molar-refractivity contribution is -0.116. The Hall–Kier alpha value is -2.73. The van der Waals surface area contributed by atoms with Gasteiger partial charge in [0.1, 0.15) is 0 Å². The van der Waals surface area contributed by atoms with E-state index in [4.69, 9.17) is 4.98 Å². The van der Waals surface area contributed by atoms with Gasteiger partial charge in [-0.25, -0.2) is 4.98 Å². The summed E-state index contributed by atoms with van der Waals surface area (Å²) in [6.07, 6.45) is 7.91. The van der Waals surface area contributed by atoms with Gasteiger partial charge >= 0.3 is 0 Å². The minimum Gasteiger partial charge on any atom is -0.353 e. The van der Waals surface area contributed by atoms with E-state index in [1.54, 1.807) is 35.9 Å². The summed E-state index contributed by atoms with van der Waals surface area (Å²) in [4.78, 5) is 23.2. The molecule has 0 radical (unpaired) electrons. The fourth-order valence-corrected chi connectivity index (χ4v) is 5.28. The van der Waals surface area contributed by atoms with Crippen LogP contribution in [0.4, 0.5) is 5.13 Å². The first-order valence-corrected chi connectivity index (χ1v) is 10.6. The van der Waals surface area contributed by atoms with Gasteiger partial charge < -0.3 is 10.2 Å². The normalized spacial score (nSPS) is 23.3. The molecule has 28 heavy (non-hydrogen) atoms. The highest BCUT2D eigenvalue weighted by Gasteiger charge is 2.55. The van der Waals surface area contributed by atoms with Crippen molar-refractivity contribution in [1.82, 2.24) is 15.3 Å². The molecule has 3 heterocycles. The maximum atomic E-state index is 12.0. The lowest BCUT2D eigenvalue weighted by atomic mass is 10.2. The first kappa shape index (κ1) is 17.4. The van der Waals surface area contributed by atoms with E-state index >= 15 is 0 Å². The molecule has 1 saturated carbocycles. The summed E-state index contributed by atoms with van der Waals surface area (Å²) >= 11 is 1.79. The molecule has 1 saturated heterocycles. The van der Waals surface area contributed by atoms with E-state index in [1.165, 1.54) is 4.70 Å². The molecular weight excluding hydrogens is 368 g/mol. The van der Waals surface area contributed by atoms with Crippen LogP contribution in [0.2, 0.25) is 0 Å². The molecule has 0 unspecified atom stereocenters. The molecule has 1 amide bonds. The van der Waals surface area contributed by atoms with Gasteiger partial charge in [-0.3, -0.25) is 9.78 Å². The van der Waals surface area contributed by atoms with E-state index in [2.05, 4.69) is 33.4 Å². The van der Waals surface area contributed by atoms with Crippen molar-refractivity contribution in [3.05, 3.63) is 60.4 Å². The first-order valence-electron chi connectivity index (χ1n) is 9.74. The van der Waals surface area contributed by atoms with Gasteiger partial charge in [-0.15, -0.1) is 0 Å². The fraction of sp³-hybridized carbons (Fsp3) is 0.318. The molecule has 2 aromatic heterocycles. The van der Waals surface area contributed by atoms with Crippen molar-refractivity contribution < 1.29 is 4.79 Å². The monoisotopic (exact) mass is 390 g/mol. The number of carbonyl (C=O) groups excluding carboxylic acids is 1. The van der Waals surface area contributed by atoms with Crippen molar-refractivity contribution in [2.24, 2.45) is 17.8 Å². The van der Waals surface area contributed by atoms with Gasteiger partial charge in [0.2, 0.25) is 5.91 Å². The molecule has 2 fully saturated rings.